The lowest BCUT2D eigenvalue weighted by molar-refractivity contribution is 0.0749. The Morgan fingerprint density at radius 1 is 1.20 bits per heavy atom. The second-order valence-electron chi connectivity index (χ2n) is 5.00. The van der Waals surface area contributed by atoms with Gasteiger partial charge in [0.1, 0.15) is 5.69 Å². The van der Waals surface area contributed by atoms with Gasteiger partial charge in [-0.25, -0.2) is 0 Å². The number of amides is 1. The first-order valence-electron chi connectivity index (χ1n) is 7.72. The van der Waals surface area contributed by atoms with Crippen LogP contribution in [-0.4, -0.2) is 35.4 Å². The normalized spacial score (nSPS) is 10.3. The molecule has 112 valence electrons. The lowest BCUT2D eigenvalue weighted by atomic mass is 10.2. The Kier molecular flexibility index (Phi) is 7.70. The topological polar surface area (TPSA) is 45.2 Å². The van der Waals surface area contributed by atoms with Gasteiger partial charge in [0.2, 0.25) is 0 Å². The van der Waals surface area contributed by atoms with Crippen molar-refractivity contribution in [2.75, 3.05) is 25.0 Å². The summed E-state index contributed by atoms with van der Waals surface area (Å²) in [4.78, 5) is 18.6. The molecule has 0 bridgehead atoms. The van der Waals surface area contributed by atoms with E-state index in [1.807, 2.05) is 17.0 Å². The number of aromatic nitrogens is 1. The predicted octanol–water partition coefficient (Wildman–Crippen LogP) is 3.56. The van der Waals surface area contributed by atoms with Gasteiger partial charge in [-0.3, -0.25) is 9.78 Å². The molecule has 4 nitrogen and oxygen atoms in total. The van der Waals surface area contributed by atoms with Crippen LogP contribution < -0.4 is 5.32 Å². The molecule has 1 N–H and O–H groups in total. The van der Waals surface area contributed by atoms with Crippen LogP contribution in [0.5, 0.6) is 0 Å². The third-order valence-corrected chi connectivity index (χ3v) is 3.11. The van der Waals surface area contributed by atoms with Crippen molar-refractivity contribution in [1.29, 1.82) is 0 Å². The molecule has 0 saturated heterocycles. The first-order chi connectivity index (χ1) is 9.72. The van der Waals surface area contributed by atoms with Gasteiger partial charge in [0.25, 0.3) is 5.91 Å². The number of hydrogen-bond donors (Lipinski definition) is 1. The highest BCUT2D eigenvalue weighted by molar-refractivity contribution is 5.93. The van der Waals surface area contributed by atoms with E-state index in [0.717, 1.165) is 51.0 Å². The smallest absolute Gasteiger partial charge is 0.272 e. The molecule has 0 aliphatic heterocycles. The number of carbonyl (C=O) groups is 1. The molecule has 20 heavy (non-hydrogen) atoms. The molecule has 0 atom stereocenters. The molecular formula is C16H27N3O. The first kappa shape index (κ1) is 16.5. The largest absolute Gasteiger partial charge is 0.385 e. The van der Waals surface area contributed by atoms with E-state index in [1.54, 1.807) is 6.20 Å². The van der Waals surface area contributed by atoms with Gasteiger partial charge in [-0.1, -0.05) is 27.2 Å². The molecule has 0 radical (unpaired) electrons. The molecule has 1 rings (SSSR count). The minimum atomic E-state index is 0.0350. The average Bonchev–Trinajstić information content (AvgIpc) is 2.47. The van der Waals surface area contributed by atoms with Crippen LogP contribution in [0.4, 0.5) is 5.69 Å². The van der Waals surface area contributed by atoms with Crippen LogP contribution in [0.1, 0.15) is 56.9 Å². The van der Waals surface area contributed by atoms with Gasteiger partial charge in [-0.15, -0.1) is 0 Å². The van der Waals surface area contributed by atoms with Gasteiger partial charge in [0.05, 0.1) is 0 Å². The second kappa shape index (κ2) is 9.34. The maximum atomic E-state index is 12.4. The molecule has 0 aliphatic carbocycles. The molecule has 0 aromatic carbocycles. The number of anilines is 1. The summed E-state index contributed by atoms with van der Waals surface area (Å²) >= 11 is 0. The van der Waals surface area contributed by atoms with Crippen LogP contribution in [0.25, 0.3) is 0 Å². The van der Waals surface area contributed by atoms with Crippen molar-refractivity contribution < 1.29 is 4.79 Å². The molecule has 4 heteroatoms. The summed E-state index contributed by atoms with van der Waals surface area (Å²) in [6.07, 6.45) is 5.94. The molecule has 0 aliphatic rings. The van der Waals surface area contributed by atoms with Crippen LogP contribution in [0.2, 0.25) is 0 Å². The molecule has 1 aromatic heterocycles. The molecule has 1 aromatic rings. The molecule has 0 unspecified atom stereocenters. The SMILES string of the molecule is CCCCNc1ccnc(C(=O)N(CCC)CCC)c1. The fourth-order valence-electron chi connectivity index (χ4n) is 2.08. The molecule has 0 saturated carbocycles. The van der Waals surface area contributed by atoms with Crippen molar-refractivity contribution in [3.63, 3.8) is 0 Å². The van der Waals surface area contributed by atoms with Gasteiger partial charge >= 0.3 is 0 Å². The fraction of sp³-hybridized carbons (Fsp3) is 0.625. The van der Waals surface area contributed by atoms with Crippen molar-refractivity contribution >= 4 is 11.6 Å². The van der Waals surface area contributed by atoms with Crippen molar-refractivity contribution in [2.24, 2.45) is 0 Å². The number of carbonyl (C=O) groups excluding carboxylic acids is 1. The first-order valence-corrected chi connectivity index (χ1v) is 7.72. The molecule has 0 spiro atoms. The molecule has 1 amide bonds. The predicted molar refractivity (Wildman–Crippen MR) is 84.1 cm³/mol. The van der Waals surface area contributed by atoms with Gasteiger partial charge in [0, 0.05) is 31.5 Å². The zero-order valence-electron chi connectivity index (χ0n) is 13.0. The lowest BCUT2D eigenvalue weighted by Crippen LogP contribution is -2.33. The van der Waals surface area contributed by atoms with Crippen LogP contribution >= 0.6 is 0 Å². The van der Waals surface area contributed by atoms with Gasteiger partial charge in [-0.2, -0.15) is 0 Å². The van der Waals surface area contributed by atoms with Crippen molar-refractivity contribution in [1.82, 2.24) is 9.88 Å². The van der Waals surface area contributed by atoms with Crippen molar-refractivity contribution in [3.8, 4) is 0 Å². The van der Waals surface area contributed by atoms with E-state index in [4.69, 9.17) is 0 Å². The number of hydrogen-bond acceptors (Lipinski definition) is 3. The maximum absolute atomic E-state index is 12.4. The van der Waals surface area contributed by atoms with E-state index in [0.29, 0.717) is 5.69 Å². The van der Waals surface area contributed by atoms with E-state index < -0.39 is 0 Å². The van der Waals surface area contributed by atoms with Crippen molar-refractivity contribution in [2.45, 2.75) is 46.5 Å². The molecule has 0 fully saturated rings. The zero-order valence-corrected chi connectivity index (χ0v) is 13.0. The van der Waals surface area contributed by atoms with Crippen molar-refractivity contribution in [3.05, 3.63) is 24.0 Å². The highest BCUT2D eigenvalue weighted by atomic mass is 16.2. The summed E-state index contributed by atoms with van der Waals surface area (Å²) in [6.45, 7) is 8.86. The monoisotopic (exact) mass is 277 g/mol. The quantitative estimate of drug-likeness (QED) is 0.702. The summed E-state index contributed by atoms with van der Waals surface area (Å²) in [5, 5.41) is 3.33. The summed E-state index contributed by atoms with van der Waals surface area (Å²) < 4.78 is 0. The fourth-order valence-corrected chi connectivity index (χ4v) is 2.08. The van der Waals surface area contributed by atoms with Crippen LogP contribution in [0.3, 0.4) is 0 Å². The van der Waals surface area contributed by atoms with E-state index in [2.05, 4.69) is 31.1 Å². The van der Waals surface area contributed by atoms with Gasteiger partial charge in [0.15, 0.2) is 0 Å². The minimum absolute atomic E-state index is 0.0350. The zero-order chi connectivity index (χ0) is 14.8. The molecular weight excluding hydrogens is 250 g/mol. The standard InChI is InChI=1S/C16H27N3O/c1-4-7-9-17-14-8-10-18-15(13-14)16(20)19(11-5-2)12-6-3/h8,10,13H,4-7,9,11-12H2,1-3H3,(H,17,18). The Balaban J connectivity index is 2.73. The average molecular weight is 277 g/mol. The van der Waals surface area contributed by atoms with E-state index >= 15 is 0 Å². The number of pyridine rings is 1. The van der Waals surface area contributed by atoms with E-state index in [9.17, 15) is 4.79 Å². The summed E-state index contributed by atoms with van der Waals surface area (Å²) in [5.41, 5.74) is 1.51. The summed E-state index contributed by atoms with van der Waals surface area (Å²) in [7, 11) is 0. The maximum Gasteiger partial charge on any atom is 0.272 e. The summed E-state index contributed by atoms with van der Waals surface area (Å²) in [5.74, 6) is 0.0350. The number of nitrogens with zero attached hydrogens (tertiary/aromatic N) is 2. The Hall–Kier alpha value is -1.58. The molecule has 1 heterocycles. The highest BCUT2D eigenvalue weighted by Gasteiger charge is 2.15. The van der Waals surface area contributed by atoms with Crippen LogP contribution in [0.15, 0.2) is 18.3 Å². The third-order valence-electron chi connectivity index (χ3n) is 3.11. The Bertz CT molecular complexity index is 400. The van der Waals surface area contributed by atoms with Gasteiger partial charge < -0.3 is 10.2 Å². The second-order valence-corrected chi connectivity index (χ2v) is 5.00. The number of unbranched alkanes of at least 4 members (excludes halogenated alkanes) is 1. The Morgan fingerprint density at radius 2 is 1.90 bits per heavy atom. The number of nitrogens with one attached hydrogen (secondary N) is 1. The lowest BCUT2D eigenvalue weighted by Gasteiger charge is -2.21. The Morgan fingerprint density at radius 3 is 2.50 bits per heavy atom. The highest BCUT2D eigenvalue weighted by Crippen LogP contribution is 2.11. The minimum Gasteiger partial charge on any atom is -0.385 e. The van der Waals surface area contributed by atoms with Crippen LogP contribution in [-0.2, 0) is 0 Å². The Labute approximate surface area is 122 Å². The van der Waals surface area contributed by atoms with Crippen LogP contribution in [0, 0.1) is 0 Å². The number of rotatable bonds is 9. The third kappa shape index (κ3) is 5.19. The van der Waals surface area contributed by atoms with E-state index in [1.165, 1.54) is 0 Å². The van der Waals surface area contributed by atoms with E-state index in [-0.39, 0.29) is 5.91 Å². The van der Waals surface area contributed by atoms with Gasteiger partial charge in [-0.05, 0) is 31.4 Å². The summed E-state index contributed by atoms with van der Waals surface area (Å²) in [6, 6.07) is 3.77.